The molecule has 0 radical (unpaired) electrons. The van der Waals surface area contributed by atoms with Crippen LogP contribution in [-0.4, -0.2) is 41.1 Å². The molecular weight excluding hydrogens is 398 g/mol. The predicted molar refractivity (Wildman–Crippen MR) is 120 cm³/mol. The van der Waals surface area contributed by atoms with Crippen molar-refractivity contribution in [3.63, 3.8) is 0 Å². The van der Waals surface area contributed by atoms with E-state index in [1.165, 1.54) is 32.1 Å². The highest BCUT2D eigenvalue weighted by atomic mass is 32.1. The minimum Gasteiger partial charge on any atom is -0.481 e. The molecular formula is C23H33N3O3S. The number of carbonyl (C=O) groups excluding carboxylic acids is 1. The molecule has 0 bridgehead atoms. The molecule has 2 heterocycles. The fourth-order valence-corrected chi connectivity index (χ4v) is 5.70. The van der Waals surface area contributed by atoms with Gasteiger partial charge in [0, 0.05) is 36.4 Å². The first kappa shape index (κ1) is 21.5. The second-order valence-electron chi connectivity index (χ2n) is 9.25. The molecule has 0 spiro atoms. The third kappa shape index (κ3) is 4.93. The van der Waals surface area contributed by atoms with E-state index in [0.717, 1.165) is 50.2 Å². The number of carbonyl (C=O) groups is 2. The number of amides is 1. The monoisotopic (exact) mass is 431 g/mol. The molecule has 0 unspecified atom stereocenters. The molecule has 7 heteroatoms. The lowest BCUT2D eigenvalue weighted by molar-refractivity contribution is -0.137. The molecule has 2 saturated carbocycles. The van der Waals surface area contributed by atoms with Gasteiger partial charge >= 0.3 is 5.97 Å². The van der Waals surface area contributed by atoms with Gasteiger partial charge in [0.15, 0.2) is 0 Å². The molecule has 6 nitrogen and oxygen atoms in total. The highest BCUT2D eigenvalue weighted by molar-refractivity contribution is 7.80. The van der Waals surface area contributed by atoms with E-state index in [4.69, 9.17) is 22.7 Å². The van der Waals surface area contributed by atoms with E-state index in [1.807, 2.05) is 6.07 Å². The zero-order valence-electron chi connectivity index (χ0n) is 17.6. The van der Waals surface area contributed by atoms with E-state index in [9.17, 15) is 9.59 Å². The molecule has 3 aliphatic rings. The van der Waals surface area contributed by atoms with Gasteiger partial charge in [-0.25, -0.2) is 4.98 Å². The van der Waals surface area contributed by atoms with Crippen LogP contribution in [0.5, 0.6) is 0 Å². The Labute approximate surface area is 184 Å². The number of carboxylic acid groups (broad SMARTS) is 1. The summed E-state index contributed by atoms with van der Waals surface area (Å²) < 4.78 is 0. The first-order chi connectivity index (χ1) is 14.5. The molecule has 3 fully saturated rings. The van der Waals surface area contributed by atoms with Crippen LogP contribution in [0.25, 0.3) is 0 Å². The van der Waals surface area contributed by atoms with E-state index >= 15 is 0 Å². The Morgan fingerprint density at radius 2 is 1.80 bits per heavy atom. The lowest BCUT2D eigenvalue weighted by Crippen LogP contribution is -2.37. The van der Waals surface area contributed by atoms with Gasteiger partial charge < -0.3 is 15.3 Å². The molecule has 0 aromatic carbocycles. The van der Waals surface area contributed by atoms with Gasteiger partial charge in [-0.2, -0.15) is 0 Å². The average molecular weight is 432 g/mol. The van der Waals surface area contributed by atoms with Crippen LogP contribution in [0.3, 0.4) is 0 Å². The van der Waals surface area contributed by atoms with Crippen molar-refractivity contribution in [2.24, 2.45) is 5.92 Å². The summed E-state index contributed by atoms with van der Waals surface area (Å²) in [6.45, 7) is 1.47. The Morgan fingerprint density at radius 1 is 1.10 bits per heavy atom. The maximum atomic E-state index is 13.2. The van der Waals surface area contributed by atoms with Crippen LogP contribution >= 0.6 is 12.6 Å². The summed E-state index contributed by atoms with van der Waals surface area (Å²) in [6.07, 6.45) is 11.3. The first-order valence-corrected chi connectivity index (χ1v) is 12.0. The minimum absolute atomic E-state index is 0.0108. The molecule has 1 aromatic heterocycles. The number of thiol groups is 1. The van der Waals surface area contributed by atoms with Crippen molar-refractivity contribution in [1.82, 2.24) is 10.3 Å². The van der Waals surface area contributed by atoms with Crippen molar-refractivity contribution >= 4 is 30.3 Å². The highest BCUT2D eigenvalue weighted by Gasteiger charge is 2.31. The van der Waals surface area contributed by atoms with Crippen molar-refractivity contribution in [3.8, 4) is 0 Å². The van der Waals surface area contributed by atoms with Crippen LogP contribution in [0.2, 0.25) is 0 Å². The quantitative estimate of drug-likeness (QED) is 0.582. The number of aromatic nitrogens is 1. The van der Waals surface area contributed by atoms with Crippen molar-refractivity contribution in [2.75, 3.05) is 18.0 Å². The van der Waals surface area contributed by atoms with E-state index in [-0.39, 0.29) is 24.3 Å². The summed E-state index contributed by atoms with van der Waals surface area (Å²) in [5.74, 6) is 0.511. The predicted octanol–water partition coefficient (Wildman–Crippen LogP) is 4.39. The van der Waals surface area contributed by atoms with Crippen LogP contribution in [0, 0.1) is 5.92 Å². The number of hydrogen-bond donors (Lipinski definition) is 3. The van der Waals surface area contributed by atoms with E-state index < -0.39 is 5.97 Å². The summed E-state index contributed by atoms with van der Waals surface area (Å²) >= 11 is 4.69. The molecule has 4 rings (SSSR count). The summed E-state index contributed by atoms with van der Waals surface area (Å²) in [5.41, 5.74) is 1.60. The van der Waals surface area contributed by atoms with Crippen molar-refractivity contribution in [1.29, 1.82) is 0 Å². The Morgan fingerprint density at radius 3 is 2.50 bits per heavy atom. The van der Waals surface area contributed by atoms with Crippen LogP contribution in [0.15, 0.2) is 11.0 Å². The third-order valence-corrected chi connectivity index (χ3v) is 7.32. The number of rotatable bonds is 6. The zero-order chi connectivity index (χ0) is 21.1. The fraction of sp³-hybridized carbons (Fsp3) is 0.696. The van der Waals surface area contributed by atoms with E-state index in [0.29, 0.717) is 22.9 Å². The van der Waals surface area contributed by atoms with Gasteiger partial charge in [-0.3, -0.25) is 9.59 Å². The standard InChI is InChI=1S/C23H33N3O3S/c27-20(28)12-15-10-11-26(14-15)22-19(30)13-18(21(25-22)16-6-4-5-7-16)23(29)24-17-8-2-1-3-9-17/h13,15-17,30H,1-12,14H2,(H,24,29)(H,27,28)/t15-/m0/s1. The lowest BCUT2D eigenvalue weighted by atomic mass is 9.94. The van der Waals surface area contributed by atoms with Crippen molar-refractivity contribution in [2.45, 2.75) is 87.5 Å². The van der Waals surface area contributed by atoms with Crippen LogP contribution in [0.4, 0.5) is 5.82 Å². The molecule has 2 N–H and O–H groups in total. The lowest BCUT2D eigenvalue weighted by Gasteiger charge is -2.26. The van der Waals surface area contributed by atoms with Gasteiger partial charge in [0.05, 0.1) is 11.3 Å². The summed E-state index contributed by atoms with van der Waals surface area (Å²) in [6, 6.07) is 2.17. The number of nitrogens with zero attached hydrogens (tertiary/aromatic N) is 2. The number of nitrogens with one attached hydrogen (secondary N) is 1. The van der Waals surface area contributed by atoms with Crippen LogP contribution in [0.1, 0.15) is 92.6 Å². The average Bonchev–Trinajstić information content (AvgIpc) is 3.40. The second-order valence-corrected chi connectivity index (χ2v) is 9.73. The topological polar surface area (TPSA) is 82.5 Å². The maximum absolute atomic E-state index is 13.2. The number of carboxylic acids is 1. The van der Waals surface area contributed by atoms with Crippen LogP contribution < -0.4 is 10.2 Å². The fourth-order valence-electron chi connectivity index (χ4n) is 5.38. The molecule has 30 heavy (non-hydrogen) atoms. The van der Waals surface area contributed by atoms with E-state index in [2.05, 4.69) is 10.2 Å². The molecule has 1 amide bonds. The molecule has 1 aromatic rings. The minimum atomic E-state index is -0.748. The third-order valence-electron chi connectivity index (χ3n) is 6.99. The van der Waals surface area contributed by atoms with Crippen molar-refractivity contribution < 1.29 is 14.7 Å². The molecule has 1 aliphatic heterocycles. The SMILES string of the molecule is O=C(O)C[C@@H]1CCN(c2nc(C3CCCC3)c(C(=O)NC3CCCCC3)cc2S)C1. The van der Waals surface area contributed by atoms with Gasteiger partial charge in [-0.05, 0) is 44.1 Å². The zero-order valence-corrected chi connectivity index (χ0v) is 18.5. The number of hydrogen-bond acceptors (Lipinski definition) is 5. The second kappa shape index (κ2) is 9.58. The van der Waals surface area contributed by atoms with E-state index in [1.54, 1.807) is 0 Å². The Balaban J connectivity index is 1.58. The number of aliphatic carboxylic acids is 1. The summed E-state index contributed by atoms with van der Waals surface area (Å²) in [7, 11) is 0. The first-order valence-electron chi connectivity index (χ1n) is 11.5. The number of pyridine rings is 1. The Hall–Kier alpha value is -1.76. The van der Waals surface area contributed by atoms with Gasteiger partial charge in [0.1, 0.15) is 5.82 Å². The number of anilines is 1. The normalized spacial score (nSPS) is 23.1. The molecule has 1 saturated heterocycles. The summed E-state index contributed by atoms with van der Waals surface area (Å²) in [5, 5.41) is 12.4. The maximum Gasteiger partial charge on any atom is 0.303 e. The van der Waals surface area contributed by atoms with Gasteiger partial charge in [0.2, 0.25) is 0 Å². The van der Waals surface area contributed by atoms with Gasteiger partial charge in [-0.15, -0.1) is 12.6 Å². The smallest absolute Gasteiger partial charge is 0.303 e. The van der Waals surface area contributed by atoms with Gasteiger partial charge in [0.25, 0.3) is 5.91 Å². The molecule has 1 atom stereocenters. The van der Waals surface area contributed by atoms with Crippen LogP contribution in [-0.2, 0) is 4.79 Å². The molecule has 2 aliphatic carbocycles. The largest absolute Gasteiger partial charge is 0.481 e. The van der Waals surface area contributed by atoms with Gasteiger partial charge in [-0.1, -0.05) is 32.1 Å². The molecule has 164 valence electrons. The highest BCUT2D eigenvalue weighted by Crippen LogP contribution is 2.38. The Kier molecular flexibility index (Phi) is 6.86. The Bertz CT molecular complexity index is 788. The summed E-state index contributed by atoms with van der Waals surface area (Å²) in [4.78, 5) is 32.1. The van der Waals surface area contributed by atoms with Crippen molar-refractivity contribution in [3.05, 3.63) is 17.3 Å².